The Morgan fingerprint density at radius 2 is 2.00 bits per heavy atom. The molecule has 0 saturated heterocycles. The van der Waals surface area contributed by atoms with Crippen LogP contribution >= 0.6 is 0 Å². The van der Waals surface area contributed by atoms with Crippen LogP contribution in [0, 0.1) is 12.3 Å². The lowest BCUT2D eigenvalue weighted by Crippen LogP contribution is -2.47. The maximum absolute atomic E-state index is 5.82. The molecule has 5 heteroatoms. The Morgan fingerprint density at radius 3 is 2.64 bits per heavy atom. The topological polar surface area (TPSA) is 54.9 Å². The summed E-state index contributed by atoms with van der Waals surface area (Å²) in [7, 11) is 3.60. The number of ether oxygens (including phenoxy) is 2. The minimum absolute atomic E-state index is 0.390. The van der Waals surface area contributed by atoms with E-state index in [1.807, 2.05) is 25.2 Å². The average Bonchev–Trinajstić information content (AvgIpc) is 2.59. The molecule has 0 atom stereocenters. The van der Waals surface area contributed by atoms with E-state index in [0.29, 0.717) is 12.0 Å². The van der Waals surface area contributed by atoms with Crippen LogP contribution in [0.15, 0.2) is 29.3 Å². The molecule has 0 aromatic heterocycles. The second kappa shape index (κ2) is 10.3. The molecule has 140 valence electrons. The van der Waals surface area contributed by atoms with Crippen molar-refractivity contribution in [1.29, 1.82) is 0 Å². The Kier molecular flexibility index (Phi) is 8.06. The largest absolute Gasteiger partial charge is 0.493 e. The number of guanidine groups is 1. The predicted octanol–water partition coefficient (Wildman–Crippen LogP) is 3.14. The molecule has 0 unspecified atom stereocenters. The fraction of sp³-hybridized carbons (Fsp3) is 0.650. The first-order valence-electron chi connectivity index (χ1n) is 9.31. The molecule has 25 heavy (non-hydrogen) atoms. The fourth-order valence-corrected chi connectivity index (χ4v) is 3.18. The molecule has 0 heterocycles. The number of benzene rings is 1. The molecular weight excluding hydrogens is 314 g/mol. The van der Waals surface area contributed by atoms with E-state index in [1.54, 1.807) is 7.11 Å². The van der Waals surface area contributed by atoms with Crippen LogP contribution < -0.4 is 15.4 Å². The van der Waals surface area contributed by atoms with Gasteiger partial charge in [0.05, 0.1) is 6.61 Å². The third-order valence-electron chi connectivity index (χ3n) is 5.07. The van der Waals surface area contributed by atoms with E-state index in [1.165, 1.54) is 24.8 Å². The maximum atomic E-state index is 5.82. The van der Waals surface area contributed by atoms with E-state index >= 15 is 0 Å². The zero-order chi connectivity index (χ0) is 18.0. The summed E-state index contributed by atoms with van der Waals surface area (Å²) in [5.41, 5.74) is 1.57. The van der Waals surface area contributed by atoms with Gasteiger partial charge in [0.15, 0.2) is 5.96 Å². The van der Waals surface area contributed by atoms with Crippen molar-refractivity contribution in [3.05, 3.63) is 29.8 Å². The minimum Gasteiger partial charge on any atom is -0.493 e. The van der Waals surface area contributed by atoms with Gasteiger partial charge >= 0.3 is 0 Å². The molecule has 1 saturated carbocycles. The zero-order valence-electron chi connectivity index (χ0n) is 15.9. The number of methoxy groups -OCH3 is 1. The van der Waals surface area contributed by atoms with E-state index in [-0.39, 0.29) is 0 Å². The van der Waals surface area contributed by atoms with Crippen LogP contribution in [0.1, 0.15) is 37.7 Å². The van der Waals surface area contributed by atoms with Crippen molar-refractivity contribution in [1.82, 2.24) is 10.6 Å². The van der Waals surface area contributed by atoms with Gasteiger partial charge in [0, 0.05) is 33.9 Å². The lowest BCUT2D eigenvalue weighted by molar-refractivity contribution is 0.0732. The van der Waals surface area contributed by atoms with Crippen molar-refractivity contribution in [3.63, 3.8) is 0 Å². The second-order valence-corrected chi connectivity index (χ2v) is 6.92. The molecule has 2 rings (SSSR count). The van der Waals surface area contributed by atoms with Gasteiger partial charge in [-0.25, -0.2) is 0 Å². The minimum atomic E-state index is 0.390. The van der Waals surface area contributed by atoms with Crippen LogP contribution in [-0.2, 0) is 4.74 Å². The zero-order valence-corrected chi connectivity index (χ0v) is 15.9. The molecule has 2 N–H and O–H groups in total. The van der Waals surface area contributed by atoms with Crippen molar-refractivity contribution in [2.24, 2.45) is 10.4 Å². The highest BCUT2D eigenvalue weighted by Crippen LogP contribution is 2.43. The fourth-order valence-electron chi connectivity index (χ4n) is 3.18. The second-order valence-electron chi connectivity index (χ2n) is 6.92. The third-order valence-corrected chi connectivity index (χ3v) is 5.07. The number of nitrogens with zero attached hydrogens (tertiary/aromatic N) is 1. The standard InChI is InChI=1S/C20H33N3O2/c1-17-8-4-5-9-18(17)25-14-7-13-22-19(21-2)23-16-20(10-6-11-20)12-15-24-3/h4-5,8-9H,6-7,10-16H2,1-3H3,(H2,21,22,23). The molecule has 0 bridgehead atoms. The van der Waals surface area contributed by atoms with Crippen molar-refractivity contribution in [3.8, 4) is 5.75 Å². The molecule has 0 amide bonds. The van der Waals surface area contributed by atoms with Crippen molar-refractivity contribution < 1.29 is 9.47 Å². The van der Waals surface area contributed by atoms with E-state index in [4.69, 9.17) is 9.47 Å². The smallest absolute Gasteiger partial charge is 0.190 e. The molecule has 0 spiro atoms. The van der Waals surface area contributed by atoms with Crippen LogP contribution in [0.2, 0.25) is 0 Å². The normalized spacial score (nSPS) is 16.2. The van der Waals surface area contributed by atoms with Gasteiger partial charge in [-0.3, -0.25) is 4.99 Å². The van der Waals surface area contributed by atoms with Gasteiger partial charge in [0.2, 0.25) is 0 Å². The molecular formula is C20H33N3O2. The van der Waals surface area contributed by atoms with Crippen LogP contribution in [0.25, 0.3) is 0 Å². The van der Waals surface area contributed by atoms with Gasteiger partial charge in [-0.1, -0.05) is 24.6 Å². The molecule has 0 radical (unpaired) electrons. The van der Waals surface area contributed by atoms with E-state index in [9.17, 15) is 0 Å². The summed E-state index contributed by atoms with van der Waals surface area (Å²) < 4.78 is 11.1. The van der Waals surface area contributed by atoms with Gasteiger partial charge in [0.1, 0.15) is 5.75 Å². The number of aryl methyl sites for hydroxylation is 1. The first-order valence-corrected chi connectivity index (χ1v) is 9.31. The molecule has 5 nitrogen and oxygen atoms in total. The van der Waals surface area contributed by atoms with Crippen molar-refractivity contribution >= 4 is 5.96 Å². The summed E-state index contributed by atoms with van der Waals surface area (Å²) in [6.07, 6.45) is 5.95. The van der Waals surface area contributed by atoms with Crippen molar-refractivity contribution in [2.75, 3.05) is 40.5 Å². The summed E-state index contributed by atoms with van der Waals surface area (Å²) in [6, 6.07) is 8.12. The third kappa shape index (κ3) is 6.24. The van der Waals surface area contributed by atoms with E-state index < -0.39 is 0 Å². The maximum Gasteiger partial charge on any atom is 0.190 e. The first-order chi connectivity index (χ1) is 12.2. The number of nitrogens with one attached hydrogen (secondary N) is 2. The van der Waals surface area contributed by atoms with Gasteiger partial charge < -0.3 is 20.1 Å². The van der Waals surface area contributed by atoms with Crippen LogP contribution in [0.4, 0.5) is 0 Å². The predicted molar refractivity (Wildman–Crippen MR) is 103 cm³/mol. The highest BCUT2D eigenvalue weighted by molar-refractivity contribution is 5.79. The van der Waals surface area contributed by atoms with Gasteiger partial charge in [-0.15, -0.1) is 0 Å². The van der Waals surface area contributed by atoms with Gasteiger partial charge in [0.25, 0.3) is 0 Å². The number of aliphatic imine (C=N–C) groups is 1. The molecule has 1 fully saturated rings. The summed E-state index contributed by atoms with van der Waals surface area (Å²) in [4.78, 5) is 4.32. The SMILES string of the molecule is CN=C(NCCCOc1ccccc1C)NCC1(CCOC)CCC1. The molecule has 0 aliphatic heterocycles. The van der Waals surface area contributed by atoms with Crippen LogP contribution in [-0.4, -0.2) is 46.4 Å². The Bertz CT molecular complexity index is 541. The average molecular weight is 348 g/mol. The molecule has 1 aromatic rings. The summed E-state index contributed by atoms with van der Waals surface area (Å²) in [5.74, 6) is 1.84. The number of hydrogen-bond donors (Lipinski definition) is 2. The monoisotopic (exact) mass is 347 g/mol. The summed E-state index contributed by atoms with van der Waals surface area (Å²) in [5, 5.41) is 6.86. The molecule has 1 aliphatic carbocycles. The quantitative estimate of drug-likeness (QED) is 0.388. The summed E-state index contributed by atoms with van der Waals surface area (Å²) in [6.45, 7) is 5.42. The van der Waals surface area contributed by atoms with Crippen LogP contribution in [0.5, 0.6) is 5.75 Å². The number of para-hydroxylation sites is 1. The Hall–Kier alpha value is -1.75. The summed E-state index contributed by atoms with van der Waals surface area (Å²) >= 11 is 0. The van der Waals surface area contributed by atoms with E-state index in [2.05, 4.69) is 28.6 Å². The lowest BCUT2D eigenvalue weighted by Gasteiger charge is -2.42. The molecule has 1 aromatic carbocycles. The number of rotatable bonds is 10. The van der Waals surface area contributed by atoms with Crippen LogP contribution in [0.3, 0.4) is 0 Å². The lowest BCUT2D eigenvalue weighted by atomic mass is 9.67. The van der Waals surface area contributed by atoms with E-state index in [0.717, 1.165) is 44.2 Å². The Morgan fingerprint density at radius 1 is 1.20 bits per heavy atom. The molecule has 1 aliphatic rings. The number of hydrogen-bond acceptors (Lipinski definition) is 3. The highest BCUT2D eigenvalue weighted by atomic mass is 16.5. The first kappa shape index (κ1) is 19.6. The van der Waals surface area contributed by atoms with Gasteiger partial charge in [-0.05, 0) is 49.7 Å². The van der Waals surface area contributed by atoms with Gasteiger partial charge in [-0.2, -0.15) is 0 Å². The Balaban J connectivity index is 1.63. The highest BCUT2D eigenvalue weighted by Gasteiger charge is 2.36. The Labute approximate surface area is 152 Å². The van der Waals surface area contributed by atoms with Crippen molar-refractivity contribution in [2.45, 2.75) is 39.0 Å².